The van der Waals surface area contributed by atoms with Crippen molar-refractivity contribution >= 4 is 40.5 Å². The van der Waals surface area contributed by atoms with E-state index < -0.39 is 24.5 Å². The number of benzene rings is 2. The number of carbonyl (C=O) groups excluding carboxylic acids is 3. The molecule has 0 spiro atoms. The molecule has 0 saturated carbocycles. The number of anilines is 2. The Labute approximate surface area is 191 Å². The van der Waals surface area contributed by atoms with E-state index in [0.717, 1.165) is 11.3 Å². The lowest BCUT2D eigenvalue weighted by Gasteiger charge is -2.17. The van der Waals surface area contributed by atoms with Crippen LogP contribution in [0.1, 0.15) is 15.2 Å². The summed E-state index contributed by atoms with van der Waals surface area (Å²) in [6.07, 6.45) is 0.254. The molecule has 3 aromatic rings. The number of ether oxygens (including phenoxy) is 1. The van der Waals surface area contributed by atoms with Gasteiger partial charge in [-0.1, -0.05) is 36.4 Å². The van der Waals surface area contributed by atoms with Gasteiger partial charge >= 0.3 is 5.97 Å². The van der Waals surface area contributed by atoms with E-state index in [1.165, 1.54) is 11.3 Å². The van der Waals surface area contributed by atoms with E-state index in [-0.39, 0.29) is 12.3 Å². The number of amides is 2. The normalized spacial score (nSPS) is 11.3. The maximum atomic E-state index is 12.7. The van der Waals surface area contributed by atoms with Crippen LogP contribution in [-0.2, 0) is 20.7 Å². The summed E-state index contributed by atoms with van der Waals surface area (Å²) in [4.78, 5) is 39.9. The van der Waals surface area contributed by atoms with E-state index in [1.807, 2.05) is 61.5 Å². The van der Waals surface area contributed by atoms with Gasteiger partial charge < -0.3 is 20.3 Å². The van der Waals surface area contributed by atoms with Crippen molar-refractivity contribution in [3.05, 3.63) is 82.6 Å². The van der Waals surface area contributed by atoms with E-state index in [1.54, 1.807) is 29.6 Å². The molecule has 2 N–H and O–H groups in total. The number of hydrogen-bond donors (Lipinski definition) is 2. The van der Waals surface area contributed by atoms with Crippen LogP contribution in [0.5, 0.6) is 0 Å². The van der Waals surface area contributed by atoms with E-state index in [0.29, 0.717) is 10.6 Å². The van der Waals surface area contributed by atoms with Gasteiger partial charge in [0.15, 0.2) is 6.61 Å². The predicted molar refractivity (Wildman–Crippen MR) is 126 cm³/mol. The number of rotatable bonds is 9. The minimum atomic E-state index is -0.917. The Morgan fingerprint density at radius 2 is 1.69 bits per heavy atom. The second kappa shape index (κ2) is 11.1. The Balaban J connectivity index is 1.59. The Morgan fingerprint density at radius 3 is 2.31 bits per heavy atom. The first kappa shape index (κ1) is 23.0. The minimum absolute atomic E-state index is 0.254. The van der Waals surface area contributed by atoms with Gasteiger partial charge in [0.05, 0.1) is 4.88 Å². The van der Waals surface area contributed by atoms with Crippen molar-refractivity contribution in [1.29, 1.82) is 0 Å². The van der Waals surface area contributed by atoms with Crippen LogP contribution in [0.3, 0.4) is 0 Å². The van der Waals surface area contributed by atoms with Gasteiger partial charge in [-0.2, -0.15) is 0 Å². The molecule has 0 unspecified atom stereocenters. The van der Waals surface area contributed by atoms with Crippen LogP contribution >= 0.6 is 11.3 Å². The Morgan fingerprint density at radius 1 is 0.969 bits per heavy atom. The molecule has 0 fully saturated rings. The monoisotopic (exact) mass is 451 g/mol. The van der Waals surface area contributed by atoms with Gasteiger partial charge in [-0.3, -0.25) is 9.59 Å². The molecule has 1 heterocycles. The highest BCUT2D eigenvalue weighted by atomic mass is 32.1. The highest BCUT2D eigenvalue weighted by molar-refractivity contribution is 7.12. The van der Waals surface area contributed by atoms with Crippen molar-refractivity contribution in [2.75, 3.05) is 30.9 Å². The molecule has 0 saturated heterocycles. The maximum Gasteiger partial charge on any atom is 0.329 e. The molecule has 0 bridgehead atoms. The zero-order chi connectivity index (χ0) is 22.9. The fourth-order valence-corrected chi connectivity index (χ4v) is 3.58. The van der Waals surface area contributed by atoms with Gasteiger partial charge in [-0.25, -0.2) is 4.79 Å². The largest absolute Gasteiger partial charge is 0.454 e. The van der Waals surface area contributed by atoms with Crippen molar-refractivity contribution < 1.29 is 19.1 Å². The Bertz CT molecular complexity index is 1030. The van der Waals surface area contributed by atoms with Gasteiger partial charge in [-0.05, 0) is 41.3 Å². The van der Waals surface area contributed by atoms with Crippen LogP contribution in [0, 0.1) is 0 Å². The standard InChI is InChI=1S/C24H25N3O4S/c1-27(2)19-12-10-18(11-13-19)25-22(28)16-31-24(30)20(15-17-7-4-3-5-8-17)26-23(29)21-9-6-14-32-21/h3-14,20H,15-16H2,1-2H3,(H,25,28)(H,26,29)/t20-/m0/s1. The summed E-state index contributed by atoms with van der Waals surface area (Å²) in [5, 5.41) is 7.20. The molecule has 2 aromatic carbocycles. The molecule has 0 aliphatic rings. The maximum absolute atomic E-state index is 12.7. The zero-order valence-corrected chi connectivity index (χ0v) is 18.7. The lowest BCUT2D eigenvalue weighted by molar-refractivity contribution is -0.149. The Kier molecular flexibility index (Phi) is 7.99. The van der Waals surface area contributed by atoms with Crippen LogP contribution in [0.2, 0.25) is 0 Å². The molecule has 8 heteroatoms. The molecule has 0 aliphatic carbocycles. The summed E-state index contributed by atoms with van der Waals surface area (Å²) in [6.45, 7) is -0.450. The van der Waals surface area contributed by atoms with Crippen molar-refractivity contribution in [1.82, 2.24) is 5.32 Å². The fraction of sp³-hybridized carbons (Fsp3) is 0.208. The molecule has 1 atom stereocenters. The first-order valence-electron chi connectivity index (χ1n) is 10.0. The SMILES string of the molecule is CN(C)c1ccc(NC(=O)COC(=O)[C@H](Cc2ccccc2)NC(=O)c2cccs2)cc1. The average molecular weight is 452 g/mol. The summed E-state index contributed by atoms with van der Waals surface area (Å²) in [5.41, 5.74) is 2.47. The second-order valence-electron chi connectivity index (χ2n) is 7.29. The van der Waals surface area contributed by atoms with Crippen molar-refractivity contribution in [2.45, 2.75) is 12.5 Å². The summed E-state index contributed by atoms with van der Waals surface area (Å²) in [7, 11) is 3.85. The van der Waals surface area contributed by atoms with Crippen molar-refractivity contribution in [3.8, 4) is 0 Å². The number of esters is 1. The van der Waals surface area contributed by atoms with E-state index in [4.69, 9.17) is 4.74 Å². The number of hydrogen-bond acceptors (Lipinski definition) is 6. The lowest BCUT2D eigenvalue weighted by Crippen LogP contribution is -2.43. The van der Waals surface area contributed by atoms with E-state index in [2.05, 4.69) is 10.6 Å². The molecule has 3 rings (SSSR count). The molecule has 1 aromatic heterocycles. The number of nitrogens with zero attached hydrogens (tertiary/aromatic N) is 1. The Hall–Kier alpha value is -3.65. The van der Waals surface area contributed by atoms with E-state index in [9.17, 15) is 14.4 Å². The quantitative estimate of drug-likeness (QED) is 0.487. The van der Waals surface area contributed by atoms with Crippen LogP contribution in [0.4, 0.5) is 11.4 Å². The fourth-order valence-electron chi connectivity index (χ4n) is 2.96. The summed E-state index contributed by atoms with van der Waals surface area (Å²) >= 11 is 1.28. The van der Waals surface area contributed by atoms with Crippen LogP contribution in [0.15, 0.2) is 72.1 Å². The lowest BCUT2D eigenvalue weighted by atomic mass is 10.1. The summed E-state index contributed by atoms with van der Waals surface area (Å²) in [6, 6.07) is 19.1. The second-order valence-corrected chi connectivity index (χ2v) is 8.24. The molecule has 166 valence electrons. The molecular weight excluding hydrogens is 426 g/mol. The molecule has 0 radical (unpaired) electrons. The third-order valence-corrected chi connectivity index (χ3v) is 5.50. The van der Waals surface area contributed by atoms with Gasteiger partial charge in [0.2, 0.25) is 0 Å². The van der Waals surface area contributed by atoms with Gasteiger partial charge in [-0.15, -0.1) is 11.3 Å². The van der Waals surface area contributed by atoms with Crippen molar-refractivity contribution in [2.24, 2.45) is 0 Å². The molecule has 2 amide bonds. The predicted octanol–water partition coefficient (Wildman–Crippen LogP) is 3.34. The van der Waals surface area contributed by atoms with Crippen LogP contribution < -0.4 is 15.5 Å². The van der Waals surface area contributed by atoms with Gasteiger partial charge in [0, 0.05) is 31.9 Å². The highest BCUT2D eigenvalue weighted by Gasteiger charge is 2.24. The average Bonchev–Trinajstić information content (AvgIpc) is 3.33. The highest BCUT2D eigenvalue weighted by Crippen LogP contribution is 2.15. The van der Waals surface area contributed by atoms with Crippen molar-refractivity contribution in [3.63, 3.8) is 0 Å². The third kappa shape index (κ3) is 6.68. The number of thiophene rings is 1. The number of nitrogens with one attached hydrogen (secondary N) is 2. The molecule has 0 aliphatic heterocycles. The zero-order valence-electron chi connectivity index (χ0n) is 17.9. The minimum Gasteiger partial charge on any atom is -0.454 e. The van der Waals surface area contributed by atoms with Crippen LogP contribution in [-0.4, -0.2) is 44.5 Å². The van der Waals surface area contributed by atoms with Crippen LogP contribution in [0.25, 0.3) is 0 Å². The topological polar surface area (TPSA) is 87.7 Å². The smallest absolute Gasteiger partial charge is 0.329 e. The molecule has 32 heavy (non-hydrogen) atoms. The number of carbonyl (C=O) groups is 3. The first-order valence-corrected chi connectivity index (χ1v) is 10.9. The summed E-state index contributed by atoms with van der Waals surface area (Å²) in [5.74, 6) is -1.49. The molecular formula is C24H25N3O4S. The van der Waals surface area contributed by atoms with Gasteiger partial charge in [0.25, 0.3) is 11.8 Å². The summed E-state index contributed by atoms with van der Waals surface area (Å²) < 4.78 is 5.22. The first-order chi connectivity index (χ1) is 15.4. The van der Waals surface area contributed by atoms with Gasteiger partial charge in [0.1, 0.15) is 6.04 Å². The molecule has 7 nitrogen and oxygen atoms in total. The van der Waals surface area contributed by atoms with E-state index >= 15 is 0 Å². The third-order valence-electron chi connectivity index (χ3n) is 4.63.